The summed E-state index contributed by atoms with van der Waals surface area (Å²) in [6.07, 6.45) is 2.29. The molecule has 1 heterocycles. The molecule has 0 unspecified atom stereocenters. The van der Waals surface area contributed by atoms with Crippen molar-refractivity contribution in [2.24, 2.45) is 0 Å². The lowest BCUT2D eigenvalue weighted by Gasteiger charge is -2.31. The van der Waals surface area contributed by atoms with Crippen LogP contribution in [0.4, 0.5) is 0 Å². The van der Waals surface area contributed by atoms with Crippen molar-refractivity contribution >= 4 is 17.3 Å². The van der Waals surface area contributed by atoms with Gasteiger partial charge in [0.05, 0.1) is 20.3 Å². The van der Waals surface area contributed by atoms with Crippen LogP contribution in [0, 0.1) is 0 Å². The van der Waals surface area contributed by atoms with E-state index in [0.29, 0.717) is 0 Å². The monoisotopic (exact) mass is 365 g/mol. The van der Waals surface area contributed by atoms with Gasteiger partial charge in [-0.3, -0.25) is 4.90 Å². The maximum absolute atomic E-state index is 5.67. The lowest BCUT2D eigenvalue weighted by atomic mass is 10.2. The predicted octanol–water partition coefficient (Wildman–Crippen LogP) is 2.50. The molecule has 0 spiro atoms. The summed E-state index contributed by atoms with van der Waals surface area (Å²) in [4.78, 5) is 4.69. The zero-order chi connectivity index (χ0) is 17.9. The summed E-state index contributed by atoms with van der Waals surface area (Å²) in [6, 6.07) is 8.15. The molecule has 0 saturated carbocycles. The zero-order valence-electron chi connectivity index (χ0n) is 15.5. The largest absolute Gasteiger partial charge is 0.496 e. The van der Waals surface area contributed by atoms with Crippen molar-refractivity contribution in [2.45, 2.75) is 26.3 Å². The lowest BCUT2D eigenvalue weighted by molar-refractivity contribution is 0.0357. The molecule has 0 atom stereocenters. The molecule has 140 valence electrons. The molecule has 0 radical (unpaired) electrons. The molecule has 1 aliphatic heterocycles. The molecule has 0 aliphatic carbocycles. The maximum Gasteiger partial charge on any atom is 0.169 e. The van der Waals surface area contributed by atoms with Gasteiger partial charge in [-0.2, -0.15) is 0 Å². The molecule has 1 aliphatic rings. The molecule has 1 N–H and O–H groups in total. The molecule has 0 amide bonds. The van der Waals surface area contributed by atoms with Crippen molar-refractivity contribution in [1.82, 2.24) is 15.1 Å². The zero-order valence-corrected chi connectivity index (χ0v) is 16.3. The average Bonchev–Trinajstić information content (AvgIpc) is 2.66. The van der Waals surface area contributed by atoms with Gasteiger partial charge in [0.15, 0.2) is 5.11 Å². The SMILES string of the molecule is CCCCNC(=S)N(CCN1CCOCC1)Cc1ccccc1OC. The van der Waals surface area contributed by atoms with Gasteiger partial charge in [0.2, 0.25) is 0 Å². The predicted molar refractivity (Wildman–Crippen MR) is 106 cm³/mol. The molecule has 25 heavy (non-hydrogen) atoms. The summed E-state index contributed by atoms with van der Waals surface area (Å²) in [6.45, 7) is 9.41. The summed E-state index contributed by atoms with van der Waals surface area (Å²) in [5, 5.41) is 4.23. The van der Waals surface area contributed by atoms with Crippen LogP contribution in [-0.2, 0) is 11.3 Å². The van der Waals surface area contributed by atoms with E-state index in [-0.39, 0.29) is 0 Å². The minimum Gasteiger partial charge on any atom is -0.496 e. The van der Waals surface area contributed by atoms with Gasteiger partial charge in [-0.1, -0.05) is 31.5 Å². The number of hydrogen-bond donors (Lipinski definition) is 1. The van der Waals surface area contributed by atoms with E-state index in [1.165, 1.54) is 0 Å². The van der Waals surface area contributed by atoms with Crippen molar-refractivity contribution in [3.8, 4) is 5.75 Å². The first-order chi connectivity index (χ1) is 12.2. The Labute approximate surface area is 157 Å². The fourth-order valence-electron chi connectivity index (χ4n) is 2.86. The van der Waals surface area contributed by atoms with Crippen molar-refractivity contribution < 1.29 is 9.47 Å². The third-order valence-electron chi connectivity index (χ3n) is 4.44. The van der Waals surface area contributed by atoms with Gasteiger partial charge in [-0.15, -0.1) is 0 Å². The third-order valence-corrected chi connectivity index (χ3v) is 4.84. The Morgan fingerprint density at radius 3 is 2.80 bits per heavy atom. The summed E-state index contributed by atoms with van der Waals surface area (Å²) < 4.78 is 10.9. The van der Waals surface area contributed by atoms with Crippen LogP contribution in [0.3, 0.4) is 0 Å². The van der Waals surface area contributed by atoms with Crippen LogP contribution in [0.2, 0.25) is 0 Å². The van der Waals surface area contributed by atoms with Crippen molar-refractivity contribution in [3.63, 3.8) is 0 Å². The van der Waals surface area contributed by atoms with Gasteiger partial charge in [0.25, 0.3) is 0 Å². The number of nitrogens with zero attached hydrogens (tertiary/aromatic N) is 2. The van der Waals surface area contributed by atoms with Crippen LogP contribution >= 0.6 is 12.2 Å². The second kappa shape index (κ2) is 11.3. The molecule has 0 aromatic heterocycles. The van der Waals surface area contributed by atoms with Crippen LogP contribution in [0.25, 0.3) is 0 Å². The second-order valence-corrected chi connectivity index (χ2v) is 6.66. The first-order valence-electron chi connectivity index (χ1n) is 9.19. The van der Waals surface area contributed by atoms with E-state index in [1.807, 2.05) is 18.2 Å². The topological polar surface area (TPSA) is 37.0 Å². The Balaban J connectivity index is 1.98. The number of unbranched alkanes of at least 4 members (excludes halogenated alkanes) is 1. The van der Waals surface area contributed by atoms with Crippen LogP contribution in [0.5, 0.6) is 5.75 Å². The molecule has 1 fully saturated rings. The van der Waals surface area contributed by atoms with Crippen molar-refractivity contribution in [2.75, 3.05) is 53.0 Å². The molecule has 5 nitrogen and oxygen atoms in total. The highest BCUT2D eigenvalue weighted by Gasteiger charge is 2.16. The standard InChI is InChI=1S/C19H31N3O2S/c1-3-4-9-20-19(25)22(11-10-21-12-14-24-15-13-21)16-17-7-5-6-8-18(17)23-2/h5-8H,3-4,9-16H2,1-2H3,(H,20,25). The summed E-state index contributed by atoms with van der Waals surface area (Å²) in [5.74, 6) is 0.912. The van der Waals surface area contributed by atoms with E-state index >= 15 is 0 Å². The third kappa shape index (κ3) is 6.80. The van der Waals surface area contributed by atoms with E-state index < -0.39 is 0 Å². The number of nitrogens with one attached hydrogen (secondary N) is 1. The average molecular weight is 366 g/mol. The van der Waals surface area contributed by atoms with Gasteiger partial charge < -0.3 is 19.7 Å². The van der Waals surface area contributed by atoms with E-state index in [9.17, 15) is 0 Å². The van der Waals surface area contributed by atoms with Gasteiger partial charge in [0.1, 0.15) is 5.75 Å². The quantitative estimate of drug-likeness (QED) is 0.535. The number of morpholine rings is 1. The van der Waals surface area contributed by atoms with Crippen LogP contribution < -0.4 is 10.1 Å². The minimum absolute atomic E-state index is 0.756. The molecule has 0 bridgehead atoms. The Kier molecular flexibility index (Phi) is 9.00. The van der Waals surface area contributed by atoms with E-state index in [0.717, 1.165) is 81.7 Å². The van der Waals surface area contributed by atoms with Crippen LogP contribution in [0.15, 0.2) is 24.3 Å². The molecule has 1 saturated heterocycles. The van der Waals surface area contributed by atoms with Gasteiger partial charge in [-0.25, -0.2) is 0 Å². The Morgan fingerprint density at radius 2 is 2.08 bits per heavy atom. The smallest absolute Gasteiger partial charge is 0.169 e. The number of rotatable bonds is 9. The number of benzene rings is 1. The highest BCUT2D eigenvalue weighted by atomic mass is 32.1. The first-order valence-corrected chi connectivity index (χ1v) is 9.60. The van der Waals surface area contributed by atoms with Gasteiger partial charge >= 0.3 is 0 Å². The van der Waals surface area contributed by atoms with Crippen LogP contribution in [0.1, 0.15) is 25.3 Å². The van der Waals surface area contributed by atoms with E-state index in [4.69, 9.17) is 21.7 Å². The molecular weight excluding hydrogens is 334 g/mol. The van der Waals surface area contributed by atoms with Gasteiger partial charge in [-0.05, 0) is 24.7 Å². The summed E-state index contributed by atoms with van der Waals surface area (Å²) in [5.41, 5.74) is 1.16. The molecule has 2 rings (SSSR count). The maximum atomic E-state index is 5.67. The summed E-state index contributed by atoms with van der Waals surface area (Å²) in [7, 11) is 1.72. The minimum atomic E-state index is 0.756. The Hall–Kier alpha value is -1.37. The normalized spacial score (nSPS) is 15.0. The van der Waals surface area contributed by atoms with Crippen molar-refractivity contribution in [3.05, 3.63) is 29.8 Å². The first kappa shape index (κ1) is 19.9. The molecule has 1 aromatic rings. The second-order valence-electron chi connectivity index (χ2n) is 6.27. The highest BCUT2D eigenvalue weighted by Crippen LogP contribution is 2.19. The molecular formula is C19H31N3O2S. The highest BCUT2D eigenvalue weighted by molar-refractivity contribution is 7.80. The van der Waals surface area contributed by atoms with E-state index in [2.05, 4.69) is 28.1 Å². The van der Waals surface area contributed by atoms with Crippen LogP contribution in [-0.4, -0.2) is 68.0 Å². The number of hydrogen-bond acceptors (Lipinski definition) is 4. The van der Waals surface area contributed by atoms with Crippen molar-refractivity contribution in [1.29, 1.82) is 0 Å². The Morgan fingerprint density at radius 1 is 1.32 bits per heavy atom. The number of para-hydroxylation sites is 1. The fraction of sp³-hybridized carbons (Fsp3) is 0.632. The lowest BCUT2D eigenvalue weighted by Crippen LogP contribution is -2.46. The number of ether oxygens (including phenoxy) is 2. The summed E-state index contributed by atoms with van der Waals surface area (Å²) >= 11 is 5.67. The van der Waals surface area contributed by atoms with Gasteiger partial charge in [0, 0.05) is 44.8 Å². The number of thiocarbonyl (C=S) groups is 1. The molecule has 1 aromatic carbocycles. The molecule has 6 heteroatoms. The van der Waals surface area contributed by atoms with E-state index in [1.54, 1.807) is 7.11 Å². The Bertz CT molecular complexity index is 521. The number of methoxy groups -OCH3 is 1. The fourth-order valence-corrected chi connectivity index (χ4v) is 3.12.